The molecule has 5 nitrogen and oxygen atoms in total. The minimum Gasteiger partial charge on any atom is -0.396 e. The van der Waals surface area contributed by atoms with Crippen LogP contribution in [-0.4, -0.2) is 10.8 Å². The Balaban J connectivity index is 2.07. The van der Waals surface area contributed by atoms with Crippen molar-refractivity contribution in [3.05, 3.63) is 64.0 Å². The van der Waals surface area contributed by atoms with E-state index in [4.69, 9.17) is 22.7 Å². The molecule has 0 bridgehead atoms. The zero-order chi connectivity index (χ0) is 14.5. The van der Waals surface area contributed by atoms with Crippen LogP contribution in [-0.2, 0) is 6.54 Å². The molecule has 0 atom stereocenters. The van der Waals surface area contributed by atoms with Crippen LogP contribution in [0.4, 0.5) is 0 Å². The van der Waals surface area contributed by atoms with Gasteiger partial charge in [0.15, 0.2) is 0 Å². The fourth-order valence-corrected chi connectivity index (χ4v) is 2.51. The fraction of sp³-hybridized carbons (Fsp3) is 0.0714. The Morgan fingerprint density at radius 2 is 1.75 bits per heavy atom. The van der Waals surface area contributed by atoms with Crippen LogP contribution in [0.15, 0.2) is 48.7 Å². The van der Waals surface area contributed by atoms with Gasteiger partial charge in [0.25, 0.3) is 0 Å². The van der Waals surface area contributed by atoms with Gasteiger partial charge in [0.05, 0.1) is 22.0 Å². The number of hydrazine groups is 1. The van der Waals surface area contributed by atoms with Crippen molar-refractivity contribution in [2.45, 2.75) is 6.54 Å². The Kier molecular flexibility index (Phi) is 4.39. The van der Waals surface area contributed by atoms with E-state index in [2.05, 4.69) is 0 Å². The average molecular weight is 287 g/mol. The van der Waals surface area contributed by atoms with Crippen LogP contribution in [0.1, 0.15) is 15.3 Å². The van der Waals surface area contributed by atoms with E-state index in [1.165, 1.54) is 16.3 Å². The number of thiophene rings is 1. The first-order chi connectivity index (χ1) is 9.56. The van der Waals surface area contributed by atoms with Crippen LogP contribution in [0.3, 0.4) is 0 Å². The van der Waals surface area contributed by atoms with E-state index < -0.39 is 0 Å². The third-order valence-corrected chi connectivity index (χ3v) is 3.84. The highest BCUT2D eigenvalue weighted by atomic mass is 32.1. The summed E-state index contributed by atoms with van der Waals surface area (Å²) in [6.07, 6.45) is 1.68. The molecule has 1 heterocycles. The van der Waals surface area contributed by atoms with E-state index in [9.17, 15) is 0 Å². The Labute approximate surface area is 121 Å². The van der Waals surface area contributed by atoms with Crippen LogP contribution in [0.5, 0.6) is 0 Å². The maximum atomic E-state index is 7.37. The highest BCUT2D eigenvalue weighted by Crippen LogP contribution is 2.21. The van der Waals surface area contributed by atoms with Gasteiger partial charge in [0.2, 0.25) is 0 Å². The average Bonchev–Trinajstić information content (AvgIpc) is 2.89. The van der Waals surface area contributed by atoms with Crippen LogP contribution >= 0.6 is 11.3 Å². The van der Waals surface area contributed by atoms with Crippen molar-refractivity contribution in [3.8, 4) is 0 Å². The number of benzene rings is 1. The third kappa shape index (κ3) is 3.59. The van der Waals surface area contributed by atoms with E-state index in [1.807, 2.05) is 36.4 Å². The minimum atomic E-state index is 0.0444. The molecule has 0 amide bonds. The van der Waals surface area contributed by atoms with E-state index in [1.54, 1.807) is 12.3 Å². The van der Waals surface area contributed by atoms with Gasteiger partial charge in [-0.05, 0) is 17.7 Å². The van der Waals surface area contributed by atoms with Gasteiger partial charge in [-0.15, -0.1) is 11.3 Å². The van der Waals surface area contributed by atoms with Gasteiger partial charge in [-0.25, -0.2) is 5.84 Å². The molecular weight excluding hydrogens is 270 g/mol. The lowest BCUT2D eigenvalue weighted by molar-refractivity contribution is 0.388. The normalized spacial score (nSPS) is 11.3. The lowest BCUT2D eigenvalue weighted by atomic mass is 10.2. The number of hydrogen-bond acceptors (Lipinski definition) is 5. The second-order valence-electron chi connectivity index (χ2n) is 4.32. The van der Waals surface area contributed by atoms with Crippen LogP contribution in [0, 0.1) is 5.41 Å². The SMILES string of the molecule is N=C(N)c1ccc(/C(N)=C/N(N)Cc2ccccc2)s1. The Bertz CT molecular complexity index is 618. The second kappa shape index (κ2) is 6.23. The minimum absolute atomic E-state index is 0.0444. The zero-order valence-corrected chi connectivity index (χ0v) is 11.7. The molecule has 0 radical (unpaired) electrons. The Hall–Kier alpha value is -2.31. The van der Waals surface area contributed by atoms with E-state index in [0.717, 1.165) is 10.4 Å². The van der Waals surface area contributed by atoms with Crippen LogP contribution in [0.2, 0.25) is 0 Å². The summed E-state index contributed by atoms with van der Waals surface area (Å²) in [4.78, 5) is 1.54. The molecule has 0 aliphatic carbocycles. The highest BCUT2D eigenvalue weighted by Gasteiger charge is 2.06. The molecule has 0 aliphatic rings. The maximum Gasteiger partial charge on any atom is 0.133 e. The van der Waals surface area contributed by atoms with Gasteiger partial charge in [-0.1, -0.05) is 30.3 Å². The predicted octanol–water partition coefficient (Wildman–Crippen LogP) is 1.67. The molecule has 0 saturated carbocycles. The molecule has 7 N–H and O–H groups in total. The highest BCUT2D eigenvalue weighted by molar-refractivity contribution is 7.15. The van der Waals surface area contributed by atoms with Crippen LogP contribution < -0.4 is 17.3 Å². The molecule has 0 saturated heterocycles. The van der Waals surface area contributed by atoms with Gasteiger partial charge >= 0.3 is 0 Å². The van der Waals surface area contributed by atoms with Crippen molar-refractivity contribution in [2.24, 2.45) is 17.3 Å². The number of nitrogens with zero attached hydrogens (tertiary/aromatic N) is 1. The quantitative estimate of drug-likeness (QED) is 0.290. The lowest BCUT2D eigenvalue weighted by Gasteiger charge is -2.14. The van der Waals surface area contributed by atoms with Crippen LogP contribution in [0.25, 0.3) is 5.70 Å². The number of nitrogen functional groups attached to an aromatic ring is 1. The van der Waals surface area contributed by atoms with Gasteiger partial charge in [0.1, 0.15) is 5.84 Å². The molecule has 104 valence electrons. The molecule has 6 heteroatoms. The van der Waals surface area contributed by atoms with Crippen molar-refractivity contribution in [3.63, 3.8) is 0 Å². The summed E-state index contributed by atoms with van der Waals surface area (Å²) in [6, 6.07) is 13.5. The summed E-state index contributed by atoms with van der Waals surface area (Å²) in [7, 11) is 0. The summed E-state index contributed by atoms with van der Waals surface area (Å²) >= 11 is 1.37. The van der Waals surface area contributed by atoms with Crippen molar-refractivity contribution < 1.29 is 0 Å². The standard InChI is InChI=1S/C14H17N5S/c15-11(12-6-7-13(20-12)14(16)17)9-19(18)8-10-4-2-1-3-5-10/h1-7,9H,8,15,18H2,(H3,16,17)/b11-9-. The molecule has 0 aliphatic heterocycles. The Morgan fingerprint density at radius 1 is 1.10 bits per heavy atom. The summed E-state index contributed by atoms with van der Waals surface area (Å²) in [6.45, 7) is 0.576. The molecule has 20 heavy (non-hydrogen) atoms. The van der Waals surface area contributed by atoms with Crippen molar-refractivity contribution in [1.29, 1.82) is 5.41 Å². The first-order valence-electron chi connectivity index (χ1n) is 6.03. The van der Waals surface area contributed by atoms with Crippen molar-refractivity contribution in [2.75, 3.05) is 0 Å². The molecule has 1 aromatic carbocycles. The summed E-state index contributed by atoms with van der Waals surface area (Å²) < 4.78 is 0. The maximum absolute atomic E-state index is 7.37. The van der Waals surface area contributed by atoms with Crippen molar-refractivity contribution >= 4 is 22.9 Å². The van der Waals surface area contributed by atoms with Crippen molar-refractivity contribution in [1.82, 2.24) is 5.01 Å². The number of nitrogens with one attached hydrogen (secondary N) is 1. The third-order valence-electron chi connectivity index (χ3n) is 2.67. The number of nitrogens with two attached hydrogens (primary N) is 3. The van der Waals surface area contributed by atoms with Gasteiger partial charge in [-0.2, -0.15) is 0 Å². The summed E-state index contributed by atoms with van der Waals surface area (Å²) in [5.41, 5.74) is 13.1. The topological polar surface area (TPSA) is 105 Å². The molecule has 1 aromatic heterocycles. The number of amidine groups is 1. The molecule has 0 fully saturated rings. The summed E-state index contributed by atoms with van der Waals surface area (Å²) in [5, 5.41) is 8.91. The molecule has 2 aromatic rings. The first kappa shape index (κ1) is 14.1. The molecule has 2 rings (SSSR count). The smallest absolute Gasteiger partial charge is 0.133 e. The molecular formula is C14H17N5S. The second-order valence-corrected chi connectivity index (χ2v) is 5.40. The number of rotatable bonds is 5. The summed E-state index contributed by atoms with van der Waals surface area (Å²) in [5.74, 6) is 5.97. The largest absolute Gasteiger partial charge is 0.396 e. The zero-order valence-electron chi connectivity index (χ0n) is 10.9. The van der Waals surface area contributed by atoms with Gasteiger partial charge in [-0.3, -0.25) is 5.41 Å². The number of hydrogen-bond donors (Lipinski definition) is 4. The lowest BCUT2D eigenvalue weighted by Crippen LogP contribution is -2.25. The fourth-order valence-electron chi connectivity index (χ4n) is 1.72. The van der Waals surface area contributed by atoms with E-state index in [0.29, 0.717) is 17.1 Å². The molecule has 0 spiro atoms. The first-order valence-corrected chi connectivity index (χ1v) is 6.85. The predicted molar refractivity (Wildman–Crippen MR) is 83.7 cm³/mol. The molecule has 0 unspecified atom stereocenters. The van der Waals surface area contributed by atoms with Gasteiger partial charge in [0, 0.05) is 6.20 Å². The van der Waals surface area contributed by atoms with Gasteiger partial charge < -0.3 is 16.5 Å². The van der Waals surface area contributed by atoms with E-state index >= 15 is 0 Å². The van der Waals surface area contributed by atoms with E-state index in [-0.39, 0.29) is 5.84 Å². The Morgan fingerprint density at radius 3 is 2.35 bits per heavy atom. The monoisotopic (exact) mass is 287 g/mol.